The lowest BCUT2D eigenvalue weighted by Crippen LogP contribution is -2.28. The molecule has 1 aromatic carbocycles. The smallest absolute Gasteiger partial charge is 0.149 e. The highest BCUT2D eigenvalue weighted by Gasteiger charge is 2.16. The average molecular weight is 226 g/mol. The Kier molecular flexibility index (Phi) is 3.31. The van der Waals surface area contributed by atoms with Gasteiger partial charge in [0.05, 0.1) is 0 Å². The summed E-state index contributed by atoms with van der Waals surface area (Å²) in [5.41, 5.74) is 5.53. The van der Waals surface area contributed by atoms with Gasteiger partial charge in [-0.2, -0.15) is 0 Å². The number of aliphatic imine (C=N–C) groups is 1. The molecule has 0 aliphatic rings. The molecule has 2 nitrogen and oxygen atoms in total. The molecule has 0 radical (unpaired) electrons. The van der Waals surface area contributed by atoms with Crippen LogP contribution in [0.3, 0.4) is 0 Å². The van der Waals surface area contributed by atoms with E-state index >= 15 is 0 Å². The quantitative estimate of drug-likeness (QED) is 0.579. The van der Waals surface area contributed by atoms with Gasteiger partial charge >= 0.3 is 0 Å². The number of aryl methyl sites for hydroxylation is 1. The Morgan fingerprint density at radius 2 is 1.75 bits per heavy atom. The van der Waals surface area contributed by atoms with Crippen molar-refractivity contribution in [2.75, 3.05) is 0 Å². The molecular weight excluding hydrogens is 210 g/mol. The Hall–Kier alpha value is -1.45. The number of halogens is 2. The molecule has 0 saturated heterocycles. The Morgan fingerprint density at radius 3 is 2.25 bits per heavy atom. The van der Waals surface area contributed by atoms with E-state index < -0.39 is 11.6 Å². The molecule has 0 aromatic heterocycles. The van der Waals surface area contributed by atoms with E-state index in [2.05, 4.69) is 4.99 Å². The molecule has 0 spiro atoms. The Morgan fingerprint density at radius 1 is 1.19 bits per heavy atom. The molecule has 2 N–H and O–H groups in total. The maximum atomic E-state index is 13.4. The van der Waals surface area contributed by atoms with Crippen molar-refractivity contribution in [2.45, 2.75) is 27.7 Å². The fraction of sp³-hybridized carbons (Fsp3) is 0.417. The van der Waals surface area contributed by atoms with E-state index in [1.807, 2.05) is 20.8 Å². The molecular formula is C12H16F2N2. The monoisotopic (exact) mass is 226 g/mol. The van der Waals surface area contributed by atoms with Gasteiger partial charge in [0, 0.05) is 11.5 Å². The molecule has 0 atom stereocenters. The van der Waals surface area contributed by atoms with Crippen LogP contribution < -0.4 is 5.73 Å². The molecule has 0 unspecified atom stereocenters. The molecule has 1 aromatic rings. The van der Waals surface area contributed by atoms with Crippen LogP contribution in [-0.4, -0.2) is 5.84 Å². The lowest BCUT2D eigenvalue weighted by molar-refractivity contribution is 0.579. The highest BCUT2D eigenvalue weighted by molar-refractivity contribution is 5.87. The molecule has 0 amide bonds. The minimum Gasteiger partial charge on any atom is -0.387 e. The molecule has 0 bridgehead atoms. The van der Waals surface area contributed by atoms with E-state index in [9.17, 15) is 8.78 Å². The molecule has 0 fully saturated rings. The summed E-state index contributed by atoms with van der Waals surface area (Å²) in [7, 11) is 0. The fourth-order valence-electron chi connectivity index (χ4n) is 1.02. The summed E-state index contributed by atoms with van der Waals surface area (Å²) >= 11 is 0. The van der Waals surface area contributed by atoms with Crippen molar-refractivity contribution in [1.29, 1.82) is 0 Å². The van der Waals surface area contributed by atoms with E-state index in [0.717, 1.165) is 12.1 Å². The first-order valence-corrected chi connectivity index (χ1v) is 5.02. The Bertz CT molecular complexity index is 431. The van der Waals surface area contributed by atoms with Crippen LogP contribution in [0, 0.1) is 24.0 Å². The summed E-state index contributed by atoms with van der Waals surface area (Å²) in [6, 6.07) is 2.17. The molecule has 0 saturated carbocycles. The molecule has 0 aliphatic heterocycles. The van der Waals surface area contributed by atoms with Crippen LogP contribution in [-0.2, 0) is 0 Å². The van der Waals surface area contributed by atoms with Gasteiger partial charge in [0.2, 0.25) is 0 Å². The summed E-state index contributed by atoms with van der Waals surface area (Å²) in [4.78, 5) is 3.91. The van der Waals surface area contributed by atoms with Crippen LogP contribution in [0.25, 0.3) is 0 Å². The first kappa shape index (κ1) is 12.6. The number of rotatable bonds is 1. The van der Waals surface area contributed by atoms with Crippen molar-refractivity contribution in [3.05, 3.63) is 29.3 Å². The van der Waals surface area contributed by atoms with Crippen molar-refractivity contribution >= 4 is 11.5 Å². The van der Waals surface area contributed by atoms with Crippen molar-refractivity contribution in [3.8, 4) is 0 Å². The van der Waals surface area contributed by atoms with Crippen molar-refractivity contribution < 1.29 is 8.78 Å². The first-order valence-electron chi connectivity index (χ1n) is 5.02. The number of benzene rings is 1. The zero-order valence-electron chi connectivity index (χ0n) is 9.94. The summed E-state index contributed by atoms with van der Waals surface area (Å²) < 4.78 is 26.7. The van der Waals surface area contributed by atoms with Gasteiger partial charge in [0.25, 0.3) is 0 Å². The van der Waals surface area contributed by atoms with Gasteiger partial charge in [-0.15, -0.1) is 0 Å². The maximum Gasteiger partial charge on any atom is 0.149 e. The number of nitrogens with zero attached hydrogens (tertiary/aromatic N) is 1. The molecule has 88 valence electrons. The minimum atomic E-state index is -0.564. The third kappa shape index (κ3) is 2.78. The largest absolute Gasteiger partial charge is 0.387 e. The van der Waals surface area contributed by atoms with Crippen LogP contribution in [0.2, 0.25) is 0 Å². The van der Waals surface area contributed by atoms with E-state index in [1.165, 1.54) is 6.92 Å². The highest BCUT2D eigenvalue weighted by Crippen LogP contribution is 2.24. The zero-order valence-corrected chi connectivity index (χ0v) is 9.94. The predicted molar refractivity (Wildman–Crippen MR) is 61.8 cm³/mol. The number of hydrogen-bond donors (Lipinski definition) is 1. The zero-order chi connectivity index (χ0) is 12.5. The van der Waals surface area contributed by atoms with Crippen LogP contribution in [0.1, 0.15) is 26.3 Å². The third-order valence-electron chi connectivity index (χ3n) is 2.24. The Labute approximate surface area is 94.2 Å². The van der Waals surface area contributed by atoms with Crippen LogP contribution >= 0.6 is 0 Å². The van der Waals surface area contributed by atoms with Gasteiger partial charge in [-0.05, 0) is 18.6 Å². The summed E-state index contributed by atoms with van der Waals surface area (Å²) in [6.45, 7) is 7.07. The number of hydrogen-bond acceptors (Lipinski definition) is 1. The van der Waals surface area contributed by atoms with Gasteiger partial charge < -0.3 is 5.73 Å². The molecule has 0 aliphatic carbocycles. The maximum absolute atomic E-state index is 13.4. The van der Waals surface area contributed by atoms with Gasteiger partial charge in [-0.1, -0.05) is 20.8 Å². The fourth-order valence-corrected chi connectivity index (χ4v) is 1.02. The van der Waals surface area contributed by atoms with Crippen molar-refractivity contribution in [2.24, 2.45) is 16.1 Å². The Balaban J connectivity index is 3.21. The van der Waals surface area contributed by atoms with Gasteiger partial charge in [0.1, 0.15) is 23.2 Å². The SMILES string of the molecule is Cc1cc(F)c(N=C(N)C(C)(C)C)cc1F. The second-order valence-corrected chi connectivity index (χ2v) is 4.80. The molecule has 16 heavy (non-hydrogen) atoms. The van der Waals surface area contributed by atoms with Crippen LogP contribution in [0.15, 0.2) is 17.1 Å². The van der Waals surface area contributed by atoms with Crippen molar-refractivity contribution in [3.63, 3.8) is 0 Å². The van der Waals surface area contributed by atoms with E-state index in [0.29, 0.717) is 0 Å². The van der Waals surface area contributed by atoms with Gasteiger partial charge in [-0.25, -0.2) is 13.8 Å². The molecule has 0 heterocycles. The molecule has 1 rings (SSSR count). The average Bonchev–Trinajstić information content (AvgIpc) is 2.12. The summed E-state index contributed by atoms with van der Waals surface area (Å²) in [6.07, 6.45) is 0. The predicted octanol–water partition coefficient (Wildman–Crippen LogP) is 3.31. The lowest BCUT2D eigenvalue weighted by Gasteiger charge is -2.17. The normalized spacial score (nSPS) is 13.0. The summed E-state index contributed by atoms with van der Waals surface area (Å²) in [5, 5.41) is 0. The summed E-state index contributed by atoms with van der Waals surface area (Å²) in [5.74, 6) is -0.775. The molecule has 4 heteroatoms. The van der Waals surface area contributed by atoms with Gasteiger partial charge in [0.15, 0.2) is 0 Å². The van der Waals surface area contributed by atoms with E-state index in [1.54, 1.807) is 0 Å². The first-order chi connectivity index (χ1) is 7.21. The minimum absolute atomic E-state index is 0.0597. The lowest BCUT2D eigenvalue weighted by atomic mass is 9.95. The number of amidine groups is 1. The third-order valence-corrected chi connectivity index (χ3v) is 2.24. The standard InChI is InChI=1S/C12H16F2N2/c1-7-5-9(14)10(6-8(7)13)16-11(15)12(2,3)4/h5-6H,1-4H3,(H2,15,16). The highest BCUT2D eigenvalue weighted by atomic mass is 19.1. The van der Waals surface area contributed by atoms with Crippen LogP contribution in [0.4, 0.5) is 14.5 Å². The topological polar surface area (TPSA) is 38.4 Å². The number of nitrogens with two attached hydrogens (primary N) is 1. The second kappa shape index (κ2) is 4.20. The van der Waals surface area contributed by atoms with Crippen LogP contribution in [0.5, 0.6) is 0 Å². The van der Waals surface area contributed by atoms with E-state index in [-0.39, 0.29) is 22.5 Å². The van der Waals surface area contributed by atoms with Gasteiger partial charge in [-0.3, -0.25) is 0 Å². The van der Waals surface area contributed by atoms with Crippen molar-refractivity contribution in [1.82, 2.24) is 0 Å². The van der Waals surface area contributed by atoms with E-state index in [4.69, 9.17) is 5.73 Å². The second-order valence-electron chi connectivity index (χ2n) is 4.80.